The highest BCUT2D eigenvalue weighted by Gasteiger charge is 2.41. The highest BCUT2D eigenvalue weighted by atomic mass is 16.2. The van der Waals surface area contributed by atoms with Gasteiger partial charge in [0.1, 0.15) is 24.7 Å². The number of hydrogen-bond donors (Lipinski definition) is 0. The molecule has 0 spiro atoms. The Labute approximate surface area is 278 Å². The fourth-order valence-corrected chi connectivity index (χ4v) is 7.14. The molecule has 0 atom stereocenters. The summed E-state index contributed by atoms with van der Waals surface area (Å²) in [4.78, 5) is 58.5. The van der Waals surface area contributed by atoms with Gasteiger partial charge in [0.25, 0.3) is 11.1 Å². The normalized spacial score (nSPS) is 14.1. The van der Waals surface area contributed by atoms with Crippen molar-refractivity contribution in [2.24, 2.45) is 28.2 Å². The Kier molecular flexibility index (Phi) is 8.60. The van der Waals surface area contributed by atoms with Crippen molar-refractivity contribution in [2.45, 2.75) is 65.5 Å². The second kappa shape index (κ2) is 12.5. The first kappa shape index (κ1) is 32.9. The molecule has 4 aromatic heterocycles. The van der Waals surface area contributed by atoms with Gasteiger partial charge in [-0.15, -0.1) is 0 Å². The summed E-state index contributed by atoms with van der Waals surface area (Å²) >= 11 is 0. The Balaban J connectivity index is 1.24. The molecule has 2 aliphatic heterocycles. The summed E-state index contributed by atoms with van der Waals surface area (Å²) in [5.74, 6) is 0.856. The van der Waals surface area contributed by atoms with Crippen LogP contribution in [0.5, 0.6) is 0 Å². The average Bonchev–Trinajstić information content (AvgIpc) is 3.76. The van der Waals surface area contributed by atoms with Crippen LogP contribution in [0.2, 0.25) is 0 Å². The fourth-order valence-electron chi connectivity index (χ4n) is 7.14. The second-order valence-corrected chi connectivity index (χ2v) is 13.1. The van der Waals surface area contributed by atoms with E-state index in [4.69, 9.17) is 0 Å². The van der Waals surface area contributed by atoms with E-state index in [1.165, 1.54) is 18.3 Å². The highest BCUT2D eigenvalue weighted by molar-refractivity contribution is 5.80. The summed E-state index contributed by atoms with van der Waals surface area (Å²) in [6, 6.07) is 4.10. The molecular formula is C32H46N12O4. The van der Waals surface area contributed by atoms with Crippen LogP contribution in [0.3, 0.4) is 0 Å². The molecule has 0 amide bonds. The van der Waals surface area contributed by atoms with Crippen molar-refractivity contribution in [2.75, 3.05) is 47.3 Å². The smallest absolute Gasteiger partial charge is 0.332 e. The molecule has 0 saturated carbocycles. The van der Waals surface area contributed by atoms with Crippen LogP contribution in [0, 0.1) is 13.8 Å². The Bertz CT molecular complexity index is 1960. The van der Waals surface area contributed by atoms with Crippen molar-refractivity contribution >= 4 is 23.0 Å². The summed E-state index contributed by atoms with van der Waals surface area (Å²) in [7, 11) is 10.8. The maximum absolute atomic E-state index is 13.8. The number of nitrogens with zero attached hydrogens (tertiary/aromatic N) is 12. The maximum atomic E-state index is 13.8. The van der Waals surface area contributed by atoms with E-state index >= 15 is 0 Å². The van der Waals surface area contributed by atoms with Crippen molar-refractivity contribution in [1.82, 2.24) is 37.8 Å². The number of hydrogen-bond acceptors (Lipinski definition) is 10. The van der Waals surface area contributed by atoms with E-state index in [-0.39, 0.29) is 24.5 Å². The quantitative estimate of drug-likeness (QED) is 0.210. The van der Waals surface area contributed by atoms with Gasteiger partial charge in [0.15, 0.2) is 11.6 Å². The van der Waals surface area contributed by atoms with Gasteiger partial charge in [0.2, 0.25) is 0 Å². The zero-order valence-electron chi connectivity index (χ0n) is 29.2. The first-order valence-electron chi connectivity index (χ1n) is 16.4. The van der Waals surface area contributed by atoms with Crippen molar-refractivity contribution in [3.63, 3.8) is 0 Å². The zero-order valence-corrected chi connectivity index (χ0v) is 29.2. The SMILES string of the molecule is Cc1cc(CCCCn2c(=O)c3c(n(C)c2=O)N(N2CN(C)c4c2n(C)c(=O)n(CCCCc2cc(C)nn2C)c4=O)CN3C)n(C)n1. The van der Waals surface area contributed by atoms with Crippen LogP contribution in [0.25, 0.3) is 0 Å². The van der Waals surface area contributed by atoms with Crippen LogP contribution in [0.1, 0.15) is 48.5 Å². The van der Waals surface area contributed by atoms with E-state index in [1.54, 1.807) is 14.1 Å². The lowest BCUT2D eigenvalue weighted by atomic mass is 10.2. The van der Waals surface area contributed by atoms with E-state index in [9.17, 15) is 19.2 Å². The van der Waals surface area contributed by atoms with Crippen LogP contribution in [0.4, 0.5) is 23.0 Å². The van der Waals surface area contributed by atoms with E-state index in [2.05, 4.69) is 22.3 Å². The molecule has 0 unspecified atom stereocenters. The average molecular weight is 663 g/mol. The number of aromatic nitrogens is 8. The number of anilines is 4. The van der Waals surface area contributed by atoms with Gasteiger partial charge >= 0.3 is 11.4 Å². The first-order chi connectivity index (χ1) is 22.8. The van der Waals surface area contributed by atoms with Gasteiger partial charge in [-0.25, -0.2) is 19.6 Å². The molecule has 0 aliphatic carbocycles. The standard InChI is InChI=1S/C32H46N12O4/c1-21-17-23(39(7)33-21)13-9-11-15-41-29(45)25-27(37(5)31(41)47)43(19-35(25)3)44-20-36(4)26-28(44)38(6)32(48)42(30(26)46)16-12-10-14-24-18-22(2)34-40(24)8/h17-18H,9-16,19-20H2,1-8H3. The van der Waals surface area contributed by atoms with E-state index in [0.717, 1.165) is 48.5 Å². The monoisotopic (exact) mass is 662 g/mol. The lowest BCUT2D eigenvalue weighted by Crippen LogP contribution is -2.49. The van der Waals surface area contributed by atoms with Crippen molar-refractivity contribution in [3.05, 3.63) is 76.6 Å². The minimum absolute atomic E-state index is 0.264. The van der Waals surface area contributed by atoms with Crippen LogP contribution < -0.4 is 42.3 Å². The largest absolute Gasteiger partial charge is 0.348 e. The van der Waals surface area contributed by atoms with Gasteiger partial charge < -0.3 is 9.80 Å². The molecule has 0 fully saturated rings. The Hall–Kier alpha value is -5.02. The van der Waals surface area contributed by atoms with Gasteiger partial charge in [0, 0.05) is 66.8 Å². The first-order valence-corrected chi connectivity index (χ1v) is 16.4. The van der Waals surface area contributed by atoms with Gasteiger partial charge in [0.05, 0.1) is 11.4 Å². The number of hydrazine groups is 1. The van der Waals surface area contributed by atoms with Crippen LogP contribution in [0.15, 0.2) is 31.3 Å². The van der Waals surface area contributed by atoms with E-state index in [1.807, 2.05) is 71.2 Å². The predicted molar refractivity (Wildman–Crippen MR) is 185 cm³/mol. The predicted octanol–water partition coefficient (Wildman–Crippen LogP) is 0.580. The van der Waals surface area contributed by atoms with Gasteiger partial charge in [-0.05, 0) is 64.5 Å². The van der Waals surface area contributed by atoms with Crippen LogP contribution in [-0.4, -0.2) is 65.3 Å². The fraction of sp³-hybridized carbons (Fsp3) is 0.562. The molecule has 0 radical (unpaired) electrons. The lowest BCUT2D eigenvalue weighted by molar-refractivity contribution is 0.538. The second-order valence-electron chi connectivity index (χ2n) is 13.1. The third-order valence-electron chi connectivity index (χ3n) is 9.55. The molecule has 2 aliphatic rings. The zero-order chi connectivity index (χ0) is 34.6. The van der Waals surface area contributed by atoms with E-state index < -0.39 is 11.4 Å². The molecule has 16 nitrogen and oxygen atoms in total. The van der Waals surface area contributed by atoms with Crippen LogP contribution in [-0.2, 0) is 54.1 Å². The molecule has 4 aromatic rings. The summed E-state index contributed by atoms with van der Waals surface area (Å²) in [5.41, 5.74) is 3.43. The molecule has 48 heavy (non-hydrogen) atoms. The van der Waals surface area contributed by atoms with Crippen LogP contribution >= 0.6 is 0 Å². The highest BCUT2D eigenvalue weighted by Crippen LogP contribution is 2.38. The van der Waals surface area contributed by atoms with Gasteiger partial charge in [-0.2, -0.15) is 10.2 Å². The van der Waals surface area contributed by atoms with E-state index in [0.29, 0.717) is 48.9 Å². The summed E-state index contributed by atoms with van der Waals surface area (Å²) in [6.07, 6.45) is 4.54. The summed E-state index contributed by atoms with van der Waals surface area (Å²) in [5, 5.41) is 12.4. The minimum Gasteiger partial charge on any atom is -0.348 e. The molecule has 16 heteroatoms. The Morgan fingerprint density at radius 2 is 0.958 bits per heavy atom. The molecule has 6 rings (SSSR count). The molecule has 0 saturated heterocycles. The van der Waals surface area contributed by atoms with Gasteiger partial charge in [-0.1, -0.05) is 0 Å². The Morgan fingerprint density at radius 3 is 1.29 bits per heavy atom. The third kappa shape index (κ3) is 5.52. The van der Waals surface area contributed by atoms with Crippen molar-refractivity contribution in [1.29, 1.82) is 0 Å². The molecular weight excluding hydrogens is 616 g/mol. The molecule has 0 bridgehead atoms. The third-order valence-corrected chi connectivity index (χ3v) is 9.55. The maximum Gasteiger partial charge on any atom is 0.332 e. The molecule has 0 N–H and O–H groups in total. The lowest BCUT2D eigenvalue weighted by Gasteiger charge is -2.32. The number of fused-ring (bicyclic) bond motifs is 2. The molecule has 258 valence electrons. The van der Waals surface area contributed by atoms with Gasteiger partial charge in [-0.3, -0.25) is 37.2 Å². The number of unbranched alkanes of at least 4 members (excludes halogenated alkanes) is 2. The summed E-state index contributed by atoms with van der Waals surface area (Å²) < 4.78 is 9.33. The summed E-state index contributed by atoms with van der Waals surface area (Å²) in [6.45, 7) is 5.04. The Morgan fingerprint density at radius 1 is 0.583 bits per heavy atom. The molecule has 6 heterocycles. The number of aryl methyl sites for hydroxylation is 6. The topological polar surface area (TPSA) is 137 Å². The molecule has 0 aromatic carbocycles. The minimum atomic E-state index is -0.409. The number of rotatable bonds is 11. The van der Waals surface area contributed by atoms with Crippen molar-refractivity contribution < 1.29 is 0 Å². The van der Waals surface area contributed by atoms with Crippen molar-refractivity contribution in [3.8, 4) is 0 Å².